The lowest BCUT2D eigenvalue weighted by atomic mass is 10.1. The minimum absolute atomic E-state index is 0.0828. The Balaban J connectivity index is 2.01. The van der Waals surface area contributed by atoms with Crippen LogP contribution >= 0.6 is 0 Å². The van der Waals surface area contributed by atoms with Gasteiger partial charge in [0, 0.05) is 31.8 Å². The van der Waals surface area contributed by atoms with Crippen molar-refractivity contribution in [1.82, 2.24) is 10.0 Å². The summed E-state index contributed by atoms with van der Waals surface area (Å²) in [6.07, 6.45) is 3.81. The molecule has 1 heterocycles. The lowest BCUT2D eigenvalue weighted by Crippen LogP contribution is -2.45. The SMILES string of the molecule is COCCOCC(=O)N1CCCN1C(=O)/C=C/c1cc(OC)ccc1OC. The van der Waals surface area contributed by atoms with Crippen LogP contribution in [0.3, 0.4) is 0 Å². The molecule has 0 N–H and O–H groups in total. The molecule has 1 aliphatic heterocycles. The number of benzene rings is 1. The van der Waals surface area contributed by atoms with Gasteiger partial charge >= 0.3 is 0 Å². The van der Waals surface area contributed by atoms with Gasteiger partial charge in [0.05, 0.1) is 27.4 Å². The number of carbonyl (C=O) groups excluding carboxylic acids is 2. The molecular formula is C19H26N2O6. The topological polar surface area (TPSA) is 77.5 Å². The predicted molar refractivity (Wildman–Crippen MR) is 99.3 cm³/mol. The molecule has 1 fully saturated rings. The van der Waals surface area contributed by atoms with Crippen LogP contribution in [0.15, 0.2) is 24.3 Å². The van der Waals surface area contributed by atoms with Gasteiger partial charge in [-0.1, -0.05) is 0 Å². The van der Waals surface area contributed by atoms with Gasteiger partial charge in [0.1, 0.15) is 18.1 Å². The molecule has 0 aliphatic carbocycles. The third kappa shape index (κ3) is 5.70. The van der Waals surface area contributed by atoms with Gasteiger partial charge in [-0.3, -0.25) is 9.59 Å². The van der Waals surface area contributed by atoms with Crippen LogP contribution < -0.4 is 9.47 Å². The number of methoxy groups -OCH3 is 3. The minimum atomic E-state index is -0.275. The Hall–Kier alpha value is -2.58. The summed E-state index contributed by atoms with van der Waals surface area (Å²) in [7, 11) is 4.70. The zero-order valence-electron chi connectivity index (χ0n) is 16.0. The Morgan fingerprint density at radius 3 is 2.56 bits per heavy atom. The Labute approximate surface area is 159 Å². The van der Waals surface area contributed by atoms with Crippen molar-refractivity contribution in [2.75, 3.05) is 54.2 Å². The number of ether oxygens (including phenoxy) is 4. The van der Waals surface area contributed by atoms with Crippen molar-refractivity contribution in [3.05, 3.63) is 29.8 Å². The first kappa shape index (κ1) is 20.7. The van der Waals surface area contributed by atoms with Gasteiger partial charge in [0.25, 0.3) is 11.8 Å². The monoisotopic (exact) mass is 378 g/mol. The first-order valence-corrected chi connectivity index (χ1v) is 8.69. The van der Waals surface area contributed by atoms with Crippen molar-refractivity contribution in [3.8, 4) is 11.5 Å². The molecule has 0 unspecified atom stereocenters. The summed E-state index contributed by atoms with van der Waals surface area (Å²) in [5, 5.41) is 2.87. The largest absolute Gasteiger partial charge is 0.497 e. The van der Waals surface area contributed by atoms with Gasteiger partial charge < -0.3 is 18.9 Å². The molecule has 1 saturated heterocycles. The number of hydrazine groups is 1. The summed E-state index contributed by atoms with van der Waals surface area (Å²) in [5.74, 6) is 0.766. The Kier molecular flexibility index (Phi) is 8.09. The molecule has 0 saturated carbocycles. The molecule has 8 nitrogen and oxygen atoms in total. The molecule has 2 amide bonds. The van der Waals surface area contributed by atoms with Gasteiger partial charge in [0.2, 0.25) is 0 Å². The molecule has 8 heteroatoms. The molecule has 148 valence electrons. The molecule has 1 aromatic rings. The van der Waals surface area contributed by atoms with Crippen molar-refractivity contribution < 1.29 is 28.5 Å². The lowest BCUT2D eigenvalue weighted by Gasteiger charge is -2.26. The van der Waals surface area contributed by atoms with E-state index in [-0.39, 0.29) is 18.4 Å². The normalized spacial score (nSPS) is 14.0. The summed E-state index contributed by atoms with van der Waals surface area (Å²) in [6.45, 7) is 1.65. The number of carbonyl (C=O) groups is 2. The number of rotatable bonds is 9. The Bertz CT molecular complexity index is 676. The molecular weight excluding hydrogens is 352 g/mol. The third-order valence-corrected chi connectivity index (χ3v) is 4.07. The molecule has 1 aromatic carbocycles. The molecule has 0 bridgehead atoms. The van der Waals surface area contributed by atoms with E-state index in [0.717, 1.165) is 6.42 Å². The second-order valence-corrected chi connectivity index (χ2v) is 5.82. The quantitative estimate of drug-likeness (QED) is 0.477. The second-order valence-electron chi connectivity index (χ2n) is 5.82. The Morgan fingerprint density at radius 2 is 1.85 bits per heavy atom. The standard InChI is InChI=1S/C19H26N2O6/c1-24-11-12-27-14-19(23)21-10-4-9-20(21)18(22)8-5-15-13-16(25-2)6-7-17(15)26-3/h5-8,13H,4,9-12,14H2,1-3H3/b8-5+. The van der Waals surface area contributed by atoms with E-state index >= 15 is 0 Å². The zero-order chi connectivity index (χ0) is 19.6. The highest BCUT2D eigenvalue weighted by atomic mass is 16.5. The summed E-state index contributed by atoms with van der Waals surface area (Å²) in [4.78, 5) is 24.9. The summed E-state index contributed by atoms with van der Waals surface area (Å²) in [6, 6.07) is 5.33. The molecule has 0 aromatic heterocycles. The van der Waals surface area contributed by atoms with E-state index in [1.165, 1.54) is 16.1 Å². The van der Waals surface area contributed by atoms with Crippen LogP contribution in [0.4, 0.5) is 0 Å². The molecule has 0 radical (unpaired) electrons. The maximum atomic E-state index is 12.6. The van der Waals surface area contributed by atoms with Crippen LogP contribution in [0.2, 0.25) is 0 Å². The van der Waals surface area contributed by atoms with Crippen LogP contribution in [0.25, 0.3) is 6.08 Å². The molecule has 0 spiro atoms. The van der Waals surface area contributed by atoms with E-state index in [9.17, 15) is 9.59 Å². The van der Waals surface area contributed by atoms with E-state index < -0.39 is 0 Å². The van der Waals surface area contributed by atoms with Crippen molar-refractivity contribution in [1.29, 1.82) is 0 Å². The number of nitrogens with zero attached hydrogens (tertiary/aromatic N) is 2. The van der Waals surface area contributed by atoms with Crippen LogP contribution in [0.5, 0.6) is 11.5 Å². The van der Waals surface area contributed by atoms with Crippen LogP contribution in [-0.2, 0) is 19.1 Å². The van der Waals surface area contributed by atoms with E-state index in [2.05, 4.69) is 0 Å². The van der Waals surface area contributed by atoms with Gasteiger partial charge in [-0.2, -0.15) is 0 Å². The first-order chi connectivity index (χ1) is 13.1. The van der Waals surface area contributed by atoms with E-state index in [0.29, 0.717) is 43.4 Å². The van der Waals surface area contributed by atoms with Crippen molar-refractivity contribution in [2.45, 2.75) is 6.42 Å². The zero-order valence-corrected chi connectivity index (χ0v) is 16.0. The highest BCUT2D eigenvalue weighted by Crippen LogP contribution is 2.25. The van der Waals surface area contributed by atoms with Gasteiger partial charge in [-0.25, -0.2) is 10.0 Å². The van der Waals surface area contributed by atoms with Crippen LogP contribution in [-0.4, -0.2) is 76.1 Å². The maximum Gasteiger partial charge on any atom is 0.267 e. The van der Waals surface area contributed by atoms with Crippen molar-refractivity contribution >= 4 is 17.9 Å². The minimum Gasteiger partial charge on any atom is -0.497 e. The fourth-order valence-corrected chi connectivity index (χ4v) is 2.69. The average Bonchev–Trinajstić information content (AvgIpc) is 3.19. The highest BCUT2D eigenvalue weighted by Gasteiger charge is 2.29. The summed E-state index contributed by atoms with van der Waals surface area (Å²) < 4.78 is 20.6. The third-order valence-electron chi connectivity index (χ3n) is 4.07. The maximum absolute atomic E-state index is 12.6. The lowest BCUT2D eigenvalue weighted by molar-refractivity contribution is -0.158. The fraction of sp³-hybridized carbons (Fsp3) is 0.474. The van der Waals surface area contributed by atoms with Gasteiger partial charge in [-0.15, -0.1) is 0 Å². The fourth-order valence-electron chi connectivity index (χ4n) is 2.69. The summed E-state index contributed by atoms with van der Waals surface area (Å²) >= 11 is 0. The number of hydrogen-bond donors (Lipinski definition) is 0. The van der Waals surface area contributed by atoms with E-state index in [4.69, 9.17) is 18.9 Å². The molecule has 27 heavy (non-hydrogen) atoms. The van der Waals surface area contributed by atoms with Crippen LogP contribution in [0, 0.1) is 0 Å². The second kappa shape index (κ2) is 10.5. The number of hydrogen-bond acceptors (Lipinski definition) is 6. The van der Waals surface area contributed by atoms with Gasteiger partial charge in [0.15, 0.2) is 0 Å². The Morgan fingerprint density at radius 1 is 1.07 bits per heavy atom. The van der Waals surface area contributed by atoms with Crippen LogP contribution in [0.1, 0.15) is 12.0 Å². The van der Waals surface area contributed by atoms with Crippen molar-refractivity contribution in [2.24, 2.45) is 0 Å². The predicted octanol–water partition coefficient (Wildman–Crippen LogP) is 1.36. The molecule has 0 atom stereocenters. The average molecular weight is 378 g/mol. The van der Waals surface area contributed by atoms with E-state index in [1.54, 1.807) is 45.6 Å². The first-order valence-electron chi connectivity index (χ1n) is 8.69. The van der Waals surface area contributed by atoms with E-state index in [1.807, 2.05) is 0 Å². The number of amides is 2. The van der Waals surface area contributed by atoms with Gasteiger partial charge in [-0.05, 0) is 30.7 Å². The van der Waals surface area contributed by atoms with Crippen molar-refractivity contribution in [3.63, 3.8) is 0 Å². The highest BCUT2D eigenvalue weighted by molar-refractivity contribution is 5.94. The molecule has 2 rings (SSSR count). The smallest absolute Gasteiger partial charge is 0.267 e. The molecule has 1 aliphatic rings. The summed E-state index contributed by atoms with van der Waals surface area (Å²) in [5.41, 5.74) is 0.713.